The Morgan fingerprint density at radius 2 is 1.54 bits per heavy atom. The maximum absolute atomic E-state index is 14.1. The SMILES string of the molecule is Cc1ccc(C)c(N(CC(=O)N(CCc2ccccc2)C(C)C(=O)NC2CCCCC2)S(=O)(=O)c2ccccc2)c1. The van der Waals surface area contributed by atoms with Crippen LogP contribution in [0.3, 0.4) is 0 Å². The molecule has 4 rings (SSSR count). The Kier molecular flexibility index (Phi) is 10.2. The van der Waals surface area contributed by atoms with Crippen molar-refractivity contribution in [2.45, 2.75) is 76.3 Å². The summed E-state index contributed by atoms with van der Waals surface area (Å²) in [6.07, 6.45) is 5.75. The summed E-state index contributed by atoms with van der Waals surface area (Å²) in [5.74, 6) is -0.629. The van der Waals surface area contributed by atoms with Gasteiger partial charge in [0.05, 0.1) is 10.6 Å². The molecule has 1 fully saturated rings. The number of amides is 2. The summed E-state index contributed by atoms with van der Waals surface area (Å²) < 4.78 is 29.1. The van der Waals surface area contributed by atoms with E-state index in [1.54, 1.807) is 31.2 Å². The van der Waals surface area contributed by atoms with Crippen LogP contribution in [0.25, 0.3) is 0 Å². The number of sulfonamides is 1. The molecule has 0 aromatic heterocycles. The Morgan fingerprint density at radius 3 is 2.20 bits per heavy atom. The Morgan fingerprint density at radius 1 is 0.902 bits per heavy atom. The largest absolute Gasteiger partial charge is 0.352 e. The number of rotatable bonds is 11. The molecule has 3 aromatic rings. The van der Waals surface area contributed by atoms with E-state index in [0.717, 1.165) is 42.4 Å². The number of hydrogen-bond acceptors (Lipinski definition) is 4. The van der Waals surface area contributed by atoms with Crippen LogP contribution in [0.2, 0.25) is 0 Å². The quantitative estimate of drug-likeness (QED) is 0.331. The first-order chi connectivity index (χ1) is 19.7. The van der Waals surface area contributed by atoms with Crippen LogP contribution in [-0.2, 0) is 26.0 Å². The summed E-state index contributed by atoms with van der Waals surface area (Å²) in [5, 5.41) is 3.15. The molecule has 0 heterocycles. The number of nitrogens with zero attached hydrogens (tertiary/aromatic N) is 2. The highest BCUT2D eigenvalue weighted by molar-refractivity contribution is 7.92. The summed E-state index contributed by atoms with van der Waals surface area (Å²) in [5.41, 5.74) is 3.10. The van der Waals surface area contributed by atoms with Crippen LogP contribution in [0.4, 0.5) is 5.69 Å². The smallest absolute Gasteiger partial charge is 0.264 e. The van der Waals surface area contributed by atoms with Gasteiger partial charge in [0.25, 0.3) is 10.0 Å². The fourth-order valence-corrected chi connectivity index (χ4v) is 6.85. The molecular weight excluding hydrogens is 534 g/mol. The molecule has 7 nitrogen and oxygen atoms in total. The van der Waals surface area contributed by atoms with Crippen LogP contribution in [0, 0.1) is 13.8 Å². The highest BCUT2D eigenvalue weighted by Crippen LogP contribution is 2.28. The van der Waals surface area contributed by atoms with Crippen LogP contribution in [-0.4, -0.2) is 50.3 Å². The summed E-state index contributed by atoms with van der Waals surface area (Å²) in [4.78, 5) is 29.1. The number of nitrogens with one attached hydrogen (secondary N) is 1. The predicted molar refractivity (Wildman–Crippen MR) is 163 cm³/mol. The van der Waals surface area contributed by atoms with Gasteiger partial charge in [0.2, 0.25) is 11.8 Å². The molecule has 0 saturated heterocycles. The minimum absolute atomic E-state index is 0.104. The fourth-order valence-electron chi connectivity index (χ4n) is 5.36. The molecule has 1 aliphatic rings. The standard InChI is InChI=1S/C33H41N3O4S/c1-25-19-20-26(2)31(23-25)36(41(39,40)30-17-11-6-12-18-30)24-32(37)35(22-21-28-13-7-4-8-14-28)27(3)33(38)34-29-15-9-5-10-16-29/h4,6-8,11-14,17-20,23,27,29H,5,9-10,15-16,21-22,24H2,1-3H3,(H,34,38). The number of carbonyl (C=O) groups excluding carboxylic acids is 2. The monoisotopic (exact) mass is 575 g/mol. The van der Waals surface area contributed by atoms with Gasteiger partial charge in [-0.1, -0.05) is 79.9 Å². The molecule has 1 saturated carbocycles. The van der Waals surface area contributed by atoms with Gasteiger partial charge in [0.1, 0.15) is 12.6 Å². The Hall–Kier alpha value is -3.65. The van der Waals surface area contributed by atoms with Crippen LogP contribution in [0.15, 0.2) is 83.8 Å². The van der Waals surface area contributed by atoms with Crippen LogP contribution in [0.1, 0.15) is 55.7 Å². The Labute approximate surface area is 244 Å². The molecule has 0 spiro atoms. The van der Waals surface area contributed by atoms with E-state index in [9.17, 15) is 18.0 Å². The van der Waals surface area contributed by atoms with E-state index in [0.29, 0.717) is 12.1 Å². The minimum atomic E-state index is -4.07. The Bertz CT molecular complexity index is 1420. The lowest BCUT2D eigenvalue weighted by Crippen LogP contribution is -2.53. The second kappa shape index (κ2) is 13.8. The van der Waals surface area contributed by atoms with Gasteiger partial charge in [-0.05, 0) is 74.9 Å². The third-order valence-electron chi connectivity index (χ3n) is 7.85. The molecule has 1 aliphatic carbocycles. The van der Waals surface area contributed by atoms with Crippen molar-refractivity contribution in [3.63, 3.8) is 0 Å². The molecule has 1 N–H and O–H groups in total. The molecule has 8 heteroatoms. The molecule has 218 valence electrons. The second-order valence-corrected chi connectivity index (χ2v) is 12.8. The zero-order chi connectivity index (χ0) is 29.4. The van der Waals surface area contributed by atoms with Crippen LogP contribution < -0.4 is 9.62 Å². The van der Waals surface area contributed by atoms with E-state index in [2.05, 4.69) is 5.32 Å². The van der Waals surface area contributed by atoms with Gasteiger partial charge in [-0.25, -0.2) is 8.42 Å². The van der Waals surface area contributed by atoms with Gasteiger partial charge in [-0.3, -0.25) is 13.9 Å². The first kappa shape index (κ1) is 30.3. The van der Waals surface area contributed by atoms with Crippen LogP contribution >= 0.6 is 0 Å². The number of aryl methyl sites for hydroxylation is 2. The maximum Gasteiger partial charge on any atom is 0.264 e. The van der Waals surface area contributed by atoms with E-state index in [4.69, 9.17) is 0 Å². The zero-order valence-corrected chi connectivity index (χ0v) is 25.1. The summed E-state index contributed by atoms with van der Waals surface area (Å²) in [6, 6.07) is 22.8. The van der Waals surface area contributed by atoms with Crippen molar-refractivity contribution in [1.82, 2.24) is 10.2 Å². The third kappa shape index (κ3) is 7.76. The molecule has 1 unspecified atom stereocenters. The molecule has 0 bridgehead atoms. The molecule has 1 atom stereocenters. The zero-order valence-electron chi connectivity index (χ0n) is 24.3. The Balaban J connectivity index is 1.65. The van der Waals surface area contributed by atoms with Crippen molar-refractivity contribution in [1.29, 1.82) is 0 Å². The number of benzene rings is 3. The summed E-state index contributed by atoms with van der Waals surface area (Å²) >= 11 is 0. The van der Waals surface area contributed by atoms with Crippen LogP contribution in [0.5, 0.6) is 0 Å². The molecule has 2 amide bonds. The van der Waals surface area contributed by atoms with Crippen molar-refractivity contribution in [3.8, 4) is 0 Å². The van der Waals surface area contributed by atoms with Gasteiger partial charge >= 0.3 is 0 Å². The van der Waals surface area contributed by atoms with Gasteiger partial charge < -0.3 is 10.2 Å². The van der Waals surface area contributed by atoms with Crippen molar-refractivity contribution in [3.05, 3.63) is 95.6 Å². The van der Waals surface area contributed by atoms with E-state index in [-0.39, 0.29) is 23.4 Å². The van der Waals surface area contributed by atoms with Gasteiger partial charge in [-0.2, -0.15) is 0 Å². The van der Waals surface area contributed by atoms with E-state index >= 15 is 0 Å². The number of carbonyl (C=O) groups is 2. The summed E-state index contributed by atoms with van der Waals surface area (Å²) in [7, 11) is -4.07. The van der Waals surface area contributed by atoms with Gasteiger partial charge in [-0.15, -0.1) is 0 Å². The molecule has 3 aromatic carbocycles. The summed E-state index contributed by atoms with van der Waals surface area (Å²) in [6.45, 7) is 5.32. The highest BCUT2D eigenvalue weighted by Gasteiger charge is 2.33. The molecule has 41 heavy (non-hydrogen) atoms. The lowest BCUT2D eigenvalue weighted by Gasteiger charge is -2.33. The third-order valence-corrected chi connectivity index (χ3v) is 9.62. The topological polar surface area (TPSA) is 86.8 Å². The first-order valence-electron chi connectivity index (χ1n) is 14.5. The molecule has 0 aliphatic heterocycles. The van der Waals surface area contributed by atoms with Crippen molar-refractivity contribution in [2.75, 3.05) is 17.4 Å². The van der Waals surface area contributed by atoms with Crippen molar-refractivity contribution >= 4 is 27.5 Å². The lowest BCUT2D eigenvalue weighted by atomic mass is 9.95. The van der Waals surface area contributed by atoms with E-state index in [1.165, 1.54) is 27.8 Å². The van der Waals surface area contributed by atoms with Gasteiger partial charge in [0.15, 0.2) is 0 Å². The lowest BCUT2D eigenvalue weighted by molar-refractivity contribution is -0.139. The molecule has 0 radical (unpaired) electrons. The maximum atomic E-state index is 14.1. The number of anilines is 1. The molecular formula is C33H41N3O4S. The fraction of sp³-hybridized carbons (Fsp3) is 0.394. The van der Waals surface area contributed by atoms with Crippen molar-refractivity contribution < 1.29 is 18.0 Å². The van der Waals surface area contributed by atoms with Gasteiger partial charge in [0, 0.05) is 12.6 Å². The predicted octanol–water partition coefficient (Wildman–Crippen LogP) is 5.41. The van der Waals surface area contributed by atoms with Crippen molar-refractivity contribution in [2.24, 2.45) is 0 Å². The van der Waals surface area contributed by atoms with E-state index < -0.39 is 28.5 Å². The highest BCUT2D eigenvalue weighted by atomic mass is 32.2. The average molecular weight is 576 g/mol. The normalized spacial score (nSPS) is 14.7. The second-order valence-electron chi connectivity index (χ2n) is 11.0. The number of hydrogen-bond donors (Lipinski definition) is 1. The minimum Gasteiger partial charge on any atom is -0.352 e. The average Bonchev–Trinajstić information content (AvgIpc) is 2.98. The van der Waals surface area contributed by atoms with E-state index in [1.807, 2.05) is 56.3 Å². The first-order valence-corrected chi connectivity index (χ1v) is 15.9.